The summed E-state index contributed by atoms with van der Waals surface area (Å²) >= 11 is 0. The molecule has 1 aliphatic rings. The molecule has 8 nitrogen and oxygen atoms in total. The van der Waals surface area contributed by atoms with E-state index in [-0.39, 0.29) is 17.2 Å². The monoisotopic (exact) mass is 358 g/mol. The lowest BCUT2D eigenvalue weighted by Crippen LogP contribution is -2.42. The van der Waals surface area contributed by atoms with Gasteiger partial charge < -0.3 is 9.84 Å². The summed E-state index contributed by atoms with van der Waals surface area (Å²) in [5.41, 5.74) is -0.192. The molecule has 0 unspecified atom stereocenters. The maximum absolute atomic E-state index is 12.2. The van der Waals surface area contributed by atoms with Crippen molar-refractivity contribution in [2.45, 2.75) is 45.4 Å². The van der Waals surface area contributed by atoms with Crippen LogP contribution in [0.4, 0.5) is 0 Å². The summed E-state index contributed by atoms with van der Waals surface area (Å²) < 4.78 is 29.6. The summed E-state index contributed by atoms with van der Waals surface area (Å²) in [6, 6.07) is 0. The molecule has 24 heavy (non-hydrogen) atoms. The van der Waals surface area contributed by atoms with Crippen molar-refractivity contribution in [2.75, 3.05) is 25.9 Å². The average molecular weight is 358 g/mol. The number of nitrogens with one attached hydrogen (secondary N) is 1. The number of nitrogens with zero attached hydrogens (tertiary/aromatic N) is 3. The Morgan fingerprint density at radius 3 is 2.46 bits per heavy atom. The SMILES string of the molecule is CC(C)(C)c1nc(CCNC(=O)C2CCN(S(C)(=O)=O)CC2)no1. The lowest BCUT2D eigenvalue weighted by atomic mass is 9.97. The summed E-state index contributed by atoms with van der Waals surface area (Å²) in [5, 5.41) is 6.79. The van der Waals surface area contributed by atoms with Crippen LogP contribution in [0, 0.1) is 5.92 Å². The molecule has 1 aliphatic heterocycles. The molecule has 0 aromatic carbocycles. The van der Waals surface area contributed by atoms with Crippen LogP contribution >= 0.6 is 0 Å². The van der Waals surface area contributed by atoms with Crippen molar-refractivity contribution < 1.29 is 17.7 Å². The second-order valence-corrected chi connectivity index (χ2v) is 9.23. The summed E-state index contributed by atoms with van der Waals surface area (Å²) in [6.45, 7) is 7.22. The largest absolute Gasteiger partial charge is 0.355 e. The predicted molar refractivity (Wildman–Crippen MR) is 88.9 cm³/mol. The minimum absolute atomic E-state index is 0.0392. The van der Waals surface area contributed by atoms with Crippen LogP contribution in [0.3, 0.4) is 0 Å². The Hall–Kier alpha value is -1.48. The number of carbonyl (C=O) groups excluding carboxylic acids is 1. The van der Waals surface area contributed by atoms with Crippen molar-refractivity contribution in [1.82, 2.24) is 19.8 Å². The van der Waals surface area contributed by atoms with Gasteiger partial charge in [-0.25, -0.2) is 12.7 Å². The quantitative estimate of drug-likeness (QED) is 0.830. The third-order valence-electron chi connectivity index (χ3n) is 4.05. The zero-order valence-corrected chi connectivity index (χ0v) is 15.5. The van der Waals surface area contributed by atoms with E-state index in [2.05, 4.69) is 15.5 Å². The maximum atomic E-state index is 12.2. The van der Waals surface area contributed by atoms with Crippen molar-refractivity contribution in [1.29, 1.82) is 0 Å². The minimum atomic E-state index is -3.16. The standard InChI is InChI=1S/C15H26N4O4S/c1-15(2,3)14-17-12(18-23-14)5-8-16-13(20)11-6-9-19(10-7-11)24(4,21)22/h11H,5-10H2,1-4H3,(H,16,20). The Bertz CT molecular complexity index is 670. The molecular formula is C15H26N4O4S. The molecule has 0 atom stereocenters. The zero-order chi connectivity index (χ0) is 18.0. The van der Waals surface area contributed by atoms with Crippen molar-refractivity contribution in [3.05, 3.63) is 11.7 Å². The third-order valence-corrected chi connectivity index (χ3v) is 5.35. The molecule has 136 valence electrons. The van der Waals surface area contributed by atoms with Gasteiger partial charge in [0.15, 0.2) is 5.82 Å². The third kappa shape index (κ3) is 5.01. The number of sulfonamides is 1. The van der Waals surface area contributed by atoms with Gasteiger partial charge in [-0.1, -0.05) is 25.9 Å². The molecule has 2 heterocycles. The Morgan fingerprint density at radius 1 is 1.33 bits per heavy atom. The molecule has 1 N–H and O–H groups in total. The van der Waals surface area contributed by atoms with Gasteiger partial charge in [0.2, 0.25) is 21.8 Å². The van der Waals surface area contributed by atoms with Crippen molar-refractivity contribution >= 4 is 15.9 Å². The van der Waals surface area contributed by atoms with Gasteiger partial charge in [-0.05, 0) is 12.8 Å². The van der Waals surface area contributed by atoms with Crippen LogP contribution in [0.1, 0.15) is 45.3 Å². The van der Waals surface area contributed by atoms with Crippen LogP contribution in [0.15, 0.2) is 4.52 Å². The molecule has 0 bridgehead atoms. The zero-order valence-electron chi connectivity index (χ0n) is 14.7. The Morgan fingerprint density at radius 2 is 1.96 bits per heavy atom. The van der Waals surface area contributed by atoms with Crippen LogP contribution in [-0.2, 0) is 26.7 Å². The number of hydrogen-bond acceptors (Lipinski definition) is 6. The van der Waals surface area contributed by atoms with E-state index in [1.54, 1.807) is 0 Å². The highest BCUT2D eigenvalue weighted by atomic mass is 32.2. The highest BCUT2D eigenvalue weighted by Gasteiger charge is 2.28. The first-order valence-electron chi connectivity index (χ1n) is 8.13. The van der Waals surface area contributed by atoms with E-state index in [9.17, 15) is 13.2 Å². The van der Waals surface area contributed by atoms with Crippen LogP contribution < -0.4 is 5.32 Å². The van der Waals surface area contributed by atoms with E-state index in [1.165, 1.54) is 10.6 Å². The molecule has 9 heteroatoms. The van der Waals surface area contributed by atoms with Gasteiger partial charge in [-0.3, -0.25) is 4.79 Å². The molecular weight excluding hydrogens is 332 g/mol. The number of aromatic nitrogens is 2. The first-order valence-corrected chi connectivity index (χ1v) is 9.98. The van der Waals surface area contributed by atoms with Gasteiger partial charge in [0.25, 0.3) is 0 Å². The number of carbonyl (C=O) groups is 1. The molecule has 0 radical (unpaired) electrons. The smallest absolute Gasteiger partial charge is 0.232 e. The molecule has 2 rings (SSSR count). The summed E-state index contributed by atoms with van der Waals surface area (Å²) in [5.74, 6) is 0.977. The Labute approximate surface area is 143 Å². The highest BCUT2D eigenvalue weighted by molar-refractivity contribution is 7.88. The van der Waals surface area contributed by atoms with Crippen molar-refractivity contribution in [2.24, 2.45) is 5.92 Å². The van der Waals surface area contributed by atoms with Gasteiger partial charge in [0, 0.05) is 37.4 Å². The van der Waals surface area contributed by atoms with E-state index in [1.807, 2.05) is 20.8 Å². The molecule has 1 aromatic heterocycles. The normalized spacial score (nSPS) is 17.8. The fourth-order valence-electron chi connectivity index (χ4n) is 2.55. The van der Waals surface area contributed by atoms with Gasteiger partial charge in [-0.15, -0.1) is 0 Å². The van der Waals surface area contributed by atoms with Gasteiger partial charge in [0.05, 0.1) is 6.26 Å². The summed E-state index contributed by atoms with van der Waals surface area (Å²) in [4.78, 5) is 16.5. The molecule has 0 saturated carbocycles. The fraction of sp³-hybridized carbons (Fsp3) is 0.800. The first-order chi connectivity index (χ1) is 11.1. The predicted octanol–water partition coefficient (Wildman–Crippen LogP) is 0.697. The maximum Gasteiger partial charge on any atom is 0.232 e. The van der Waals surface area contributed by atoms with Gasteiger partial charge >= 0.3 is 0 Å². The van der Waals surface area contributed by atoms with Crippen LogP contribution in [0.2, 0.25) is 0 Å². The Balaban J connectivity index is 1.75. The van der Waals surface area contributed by atoms with E-state index in [0.29, 0.717) is 50.6 Å². The van der Waals surface area contributed by atoms with E-state index in [4.69, 9.17) is 4.52 Å². The number of hydrogen-bond donors (Lipinski definition) is 1. The molecule has 1 amide bonds. The number of rotatable bonds is 5. The van der Waals surface area contributed by atoms with Gasteiger partial charge in [-0.2, -0.15) is 4.98 Å². The first kappa shape index (κ1) is 18.9. The molecule has 1 aromatic rings. The second-order valence-electron chi connectivity index (χ2n) is 7.24. The molecule has 1 fully saturated rings. The summed E-state index contributed by atoms with van der Waals surface area (Å²) in [6.07, 6.45) is 2.81. The Kier molecular flexibility index (Phi) is 5.64. The average Bonchev–Trinajstić information content (AvgIpc) is 2.95. The van der Waals surface area contributed by atoms with E-state index in [0.717, 1.165) is 0 Å². The summed E-state index contributed by atoms with van der Waals surface area (Å²) in [7, 11) is -3.16. The van der Waals surface area contributed by atoms with Crippen molar-refractivity contribution in [3.8, 4) is 0 Å². The van der Waals surface area contributed by atoms with Crippen LogP contribution in [0.5, 0.6) is 0 Å². The van der Waals surface area contributed by atoms with E-state index < -0.39 is 10.0 Å². The van der Waals surface area contributed by atoms with E-state index >= 15 is 0 Å². The minimum Gasteiger partial charge on any atom is -0.355 e. The molecule has 1 saturated heterocycles. The topological polar surface area (TPSA) is 105 Å². The van der Waals surface area contributed by atoms with Crippen LogP contribution in [-0.4, -0.2) is 54.7 Å². The highest BCUT2D eigenvalue weighted by Crippen LogP contribution is 2.20. The number of amides is 1. The second kappa shape index (κ2) is 7.18. The fourth-order valence-corrected chi connectivity index (χ4v) is 3.43. The lowest BCUT2D eigenvalue weighted by Gasteiger charge is -2.29. The van der Waals surface area contributed by atoms with Crippen LogP contribution in [0.25, 0.3) is 0 Å². The number of piperidine rings is 1. The molecule has 0 spiro atoms. The van der Waals surface area contributed by atoms with Gasteiger partial charge in [0.1, 0.15) is 0 Å². The molecule has 0 aliphatic carbocycles. The van der Waals surface area contributed by atoms with Crippen molar-refractivity contribution in [3.63, 3.8) is 0 Å². The lowest BCUT2D eigenvalue weighted by molar-refractivity contribution is -0.126.